The van der Waals surface area contributed by atoms with Crippen LogP contribution in [0.1, 0.15) is 31.2 Å². The summed E-state index contributed by atoms with van der Waals surface area (Å²) in [6, 6.07) is 4.55. The fourth-order valence-corrected chi connectivity index (χ4v) is 4.60. The third-order valence-electron chi connectivity index (χ3n) is 6.60. The molecule has 0 aromatic carbocycles. The van der Waals surface area contributed by atoms with Crippen molar-refractivity contribution in [1.82, 2.24) is 19.9 Å². The van der Waals surface area contributed by atoms with E-state index in [1.165, 1.54) is 0 Å². The predicted octanol–water partition coefficient (Wildman–Crippen LogP) is 3.62. The smallest absolute Gasteiger partial charge is 0.224 e. The first-order chi connectivity index (χ1) is 16.7. The second kappa shape index (κ2) is 10.4. The number of pyridine rings is 2. The molecule has 0 spiro atoms. The molecule has 3 aromatic rings. The second-order valence-electron chi connectivity index (χ2n) is 9.08. The summed E-state index contributed by atoms with van der Waals surface area (Å²) >= 11 is 0. The number of anilines is 2. The molecule has 1 aliphatic carbocycles. The Morgan fingerprint density at radius 1 is 1.03 bits per heavy atom. The molecule has 34 heavy (non-hydrogen) atoms. The van der Waals surface area contributed by atoms with E-state index >= 15 is 0 Å². The van der Waals surface area contributed by atoms with Gasteiger partial charge in [0.15, 0.2) is 5.75 Å². The lowest BCUT2D eigenvalue weighted by Crippen LogP contribution is -2.36. The standard InChI is InChI=1S/C25H32N6O3/c1-17-11-21-22(26-13-17)12-23(31-7-9-33-10-8-31)30-24(21)34-16-18-3-5-19(6-4-18)29-25-27-14-20(32-2)15-28-25/h11-15,18-19H,3-10,16H2,1-2H3,(H,27,28,29). The third-order valence-corrected chi connectivity index (χ3v) is 6.60. The largest absolute Gasteiger partial charge is 0.494 e. The van der Waals surface area contributed by atoms with Gasteiger partial charge in [-0.2, -0.15) is 4.98 Å². The van der Waals surface area contributed by atoms with Crippen molar-refractivity contribution >= 4 is 22.7 Å². The average molecular weight is 465 g/mol. The van der Waals surface area contributed by atoms with E-state index in [2.05, 4.69) is 37.3 Å². The minimum absolute atomic E-state index is 0.375. The van der Waals surface area contributed by atoms with E-state index < -0.39 is 0 Å². The minimum atomic E-state index is 0.375. The van der Waals surface area contributed by atoms with Gasteiger partial charge in [0, 0.05) is 31.4 Å². The normalized spacial score (nSPS) is 20.8. The highest BCUT2D eigenvalue weighted by molar-refractivity contribution is 5.86. The van der Waals surface area contributed by atoms with Gasteiger partial charge in [0.05, 0.1) is 50.2 Å². The monoisotopic (exact) mass is 464 g/mol. The summed E-state index contributed by atoms with van der Waals surface area (Å²) in [5.74, 6) is 3.41. The van der Waals surface area contributed by atoms with Crippen LogP contribution in [-0.2, 0) is 4.74 Å². The first-order valence-corrected chi connectivity index (χ1v) is 12.0. The van der Waals surface area contributed by atoms with E-state index in [-0.39, 0.29) is 0 Å². The van der Waals surface area contributed by atoms with E-state index in [4.69, 9.17) is 19.2 Å². The van der Waals surface area contributed by atoms with E-state index in [0.717, 1.165) is 74.3 Å². The van der Waals surface area contributed by atoms with Crippen LogP contribution < -0.4 is 19.7 Å². The number of hydrogen-bond acceptors (Lipinski definition) is 9. The molecule has 1 N–H and O–H groups in total. The van der Waals surface area contributed by atoms with Crippen molar-refractivity contribution in [2.75, 3.05) is 50.2 Å². The van der Waals surface area contributed by atoms with Gasteiger partial charge in [0.1, 0.15) is 5.82 Å². The van der Waals surface area contributed by atoms with E-state index in [9.17, 15) is 0 Å². The minimum Gasteiger partial charge on any atom is -0.494 e. The molecular formula is C25H32N6O3. The molecule has 5 rings (SSSR count). The fourth-order valence-electron chi connectivity index (χ4n) is 4.60. The lowest BCUT2D eigenvalue weighted by Gasteiger charge is -2.30. The van der Waals surface area contributed by atoms with Crippen LogP contribution in [0.25, 0.3) is 10.9 Å². The number of nitrogens with zero attached hydrogens (tertiary/aromatic N) is 5. The molecule has 9 heteroatoms. The lowest BCUT2D eigenvalue weighted by molar-refractivity contribution is 0.122. The fraction of sp³-hybridized carbons (Fsp3) is 0.520. The van der Waals surface area contributed by atoms with Crippen LogP contribution in [0.3, 0.4) is 0 Å². The van der Waals surface area contributed by atoms with Gasteiger partial charge in [0.25, 0.3) is 0 Å². The predicted molar refractivity (Wildman–Crippen MR) is 131 cm³/mol. The van der Waals surface area contributed by atoms with Crippen molar-refractivity contribution in [2.24, 2.45) is 5.92 Å². The zero-order valence-electron chi connectivity index (χ0n) is 19.9. The van der Waals surface area contributed by atoms with E-state index in [1.54, 1.807) is 19.5 Å². The van der Waals surface area contributed by atoms with Crippen LogP contribution in [0.15, 0.2) is 30.7 Å². The Bertz CT molecular complexity index is 1100. The molecule has 180 valence electrons. The zero-order chi connectivity index (χ0) is 23.3. The number of morpholine rings is 1. The molecule has 1 saturated heterocycles. The molecule has 9 nitrogen and oxygen atoms in total. The molecule has 3 aromatic heterocycles. The van der Waals surface area contributed by atoms with E-state index in [0.29, 0.717) is 36.1 Å². The Balaban J connectivity index is 1.21. The second-order valence-corrected chi connectivity index (χ2v) is 9.08. The Morgan fingerprint density at radius 3 is 2.53 bits per heavy atom. The molecule has 0 amide bonds. The molecule has 0 atom stereocenters. The maximum Gasteiger partial charge on any atom is 0.224 e. The number of ether oxygens (including phenoxy) is 3. The number of methoxy groups -OCH3 is 1. The van der Waals surface area contributed by atoms with Crippen LogP contribution in [0.2, 0.25) is 0 Å². The maximum absolute atomic E-state index is 6.36. The summed E-state index contributed by atoms with van der Waals surface area (Å²) in [6.07, 6.45) is 9.58. The quantitative estimate of drug-likeness (QED) is 0.562. The number of fused-ring (bicyclic) bond motifs is 1. The van der Waals surface area contributed by atoms with Crippen LogP contribution in [0, 0.1) is 12.8 Å². The van der Waals surface area contributed by atoms with E-state index in [1.807, 2.05) is 13.1 Å². The van der Waals surface area contributed by atoms with Gasteiger partial charge in [-0.05, 0) is 50.2 Å². The average Bonchev–Trinajstić information content (AvgIpc) is 2.89. The highest BCUT2D eigenvalue weighted by Gasteiger charge is 2.23. The van der Waals surface area contributed by atoms with Gasteiger partial charge in [-0.15, -0.1) is 0 Å². The zero-order valence-corrected chi connectivity index (χ0v) is 19.9. The number of aromatic nitrogens is 4. The Hall–Kier alpha value is -3.20. The van der Waals surface area contributed by atoms with Crippen molar-refractivity contribution in [1.29, 1.82) is 0 Å². The van der Waals surface area contributed by atoms with Crippen LogP contribution >= 0.6 is 0 Å². The van der Waals surface area contributed by atoms with Crippen molar-refractivity contribution in [3.63, 3.8) is 0 Å². The van der Waals surface area contributed by atoms with Crippen molar-refractivity contribution in [2.45, 2.75) is 38.6 Å². The molecular weight excluding hydrogens is 432 g/mol. The third kappa shape index (κ3) is 5.30. The van der Waals surface area contributed by atoms with Gasteiger partial charge in [0.2, 0.25) is 11.8 Å². The number of nitrogens with one attached hydrogen (secondary N) is 1. The van der Waals surface area contributed by atoms with Gasteiger partial charge in [-0.3, -0.25) is 4.98 Å². The molecule has 0 radical (unpaired) electrons. The van der Waals surface area contributed by atoms with Crippen molar-refractivity contribution < 1.29 is 14.2 Å². The van der Waals surface area contributed by atoms with Gasteiger partial charge >= 0.3 is 0 Å². The highest BCUT2D eigenvalue weighted by atomic mass is 16.5. The summed E-state index contributed by atoms with van der Waals surface area (Å²) in [6.45, 7) is 5.81. The van der Waals surface area contributed by atoms with Crippen molar-refractivity contribution in [3.8, 4) is 11.6 Å². The molecule has 4 heterocycles. The topological polar surface area (TPSA) is 94.5 Å². The molecule has 2 fully saturated rings. The number of rotatable bonds is 7. The van der Waals surface area contributed by atoms with Crippen LogP contribution in [0.4, 0.5) is 11.8 Å². The SMILES string of the molecule is COc1cnc(NC2CCC(COc3nc(N4CCOCC4)cc4ncc(C)cc34)CC2)nc1. The van der Waals surface area contributed by atoms with Gasteiger partial charge in [-0.1, -0.05) is 0 Å². The molecule has 2 aliphatic rings. The van der Waals surface area contributed by atoms with Crippen LogP contribution in [-0.4, -0.2) is 66.0 Å². The van der Waals surface area contributed by atoms with Gasteiger partial charge in [-0.25, -0.2) is 9.97 Å². The summed E-state index contributed by atoms with van der Waals surface area (Å²) in [5.41, 5.74) is 2.02. The van der Waals surface area contributed by atoms with Gasteiger partial charge < -0.3 is 24.4 Å². The van der Waals surface area contributed by atoms with Crippen LogP contribution in [0.5, 0.6) is 11.6 Å². The van der Waals surface area contributed by atoms with Crippen molar-refractivity contribution in [3.05, 3.63) is 36.3 Å². The summed E-state index contributed by atoms with van der Waals surface area (Å²) in [4.78, 5) is 20.4. The summed E-state index contributed by atoms with van der Waals surface area (Å²) < 4.78 is 17.0. The first kappa shape index (κ1) is 22.6. The number of aryl methyl sites for hydroxylation is 1. The highest BCUT2D eigenvalue weighted by Crippen LogP contribution is 2.31. The molecule has 1 saturated carbocycles. The Morgan fingerprint density at radius 2 is 1.79 bits per heavy atom. The number of hydrogen-bond donors (Lipinski definition) is 1. The Labute approximate surface area is 199 Å². The Kier molecular flexibility index (Phi) is 6.89. The molecule has 0 unspecified atom stereocenters. The molecule has 1 aliphatic heterocycles. The first-order valence-electron chi connectivity index (χ1n) is 12.0. The summed E-state index contributed by atoms with van der Waals surface area (Å²) in [5, 5.41) is 4.42. The maximum atomic E-state index is 6.36. The lowest BCUT2D eigenvalue weighted by atomic mass is 9.86. The molecule has 0 bridgehead atoms. The summed E-state index contributed by atoms with van der Waals surface area (Å²) in [7, 11) is 1.62.